The highest BCUT2D eigenvalue weighted by Crippen LogP contribution is 2.45. The molecule has 2 aromatic carbocycles. The van der Waals surface area contributed by atoms with Crippen LogP contribution in [0.2, 0.25) is 0 Å². The van der Waals surface area contributed by atoms with Gasteiger partial charge in [-0.05, 0) is 54.0 Å². The maximum absolute atomic E-state index is 4.97. The Labute approximate surface area is 146 Å². The molecule has 0 radical (unpaired) electrons. The summed E-state index contributed by atoms with van der Waals surface area (Å²) in [5.41, 5.74) is 9.44. The van der Waals surface area contributed by atoms with Crippen LogP contribution in [0.25, 0.3) is 33.8 Å². The minimum Gasteiger partial charge on any atom is -0.265 e. The van der Waals surface area contributed by atoms with E-state index in [9.17, 15) is 0 Å². The molecule has 2 heteroatoms. The van der Waals surface area contributed by atoms with Crippen LogP contribution in [0.5, 0.6) is 0 Å². The van der Waals surface area contributed by atoms with Gasteiger partial charge in [0.05, 0.1) is 11.2 Å². The minimum absolute atomic E-state index is 1.04. The lowest BCUT2D eigenvalue weighted by molar-refractivity contribution is 1.32. The quantitative estimate of drug-likeness (QED) is 0.407. The van der Waals surface area contributed by atoms with Crippen molar-refractivity contribution in [3.8, 4) is 11.3 Å². The van der Waals surface area contributed by atoms with Crippen LogP contribution in [0.3, 0.4) is 0 Å². The van der Waals surface area contributed by atoms with E-state index in [0.717, 1.165) is 16.8 Å². The summed E-state index contributed by atoms with van der Waals surface area (Å²) in [6.45, 7) is 2.14. The molecule has 0 amide bonds. The number of aryl methyl sites for hydroxylation is 1. The van der Waals surface area contributed by atoms with E-state index in [2.05, 4.69) is 60.4 Å². The molecule has 0 saturated carbocycles. The van der Waals surface area contributed by atoms with Gasteiger partial charge in [0.15, 0.2) is 0 Å². The maximum atomic E-state index is 4.97. The van der Waals surface area contributed by atoms with E-state index in [0.29, 0.717) is 0 Å². The molecule has 0 aliphatic heterocycles. The average molecular weight is 320 g/mol. The standard InChI is InChI=1S/C23H16N2/c1-15-6-7-18-19(12-15)20(13-16-8-10-24-11-9-16)21-14-17-4-2-3-5-22(17)25-23(18)21/h2-14H,1H3/b20-13-. The first-order valence-electron chi connectivity index (χ1n) is 8.43. The van der Waals surface area contributed by atoms with Gasteiger partial charge in [-0.25, -0.2) is 4.98 Å². The van der Waals surface area contributed by atoms with Gasteiger partial charge in [-0.15, -0.1) is 0 Å². The van der Waals surface area contributed by atoms with E-state index < -0.39 is 0 Å². The zero-order chi connectivity index (χ0) is 16.8. The molecule has 1 aliphatic carbocycles. The lowest BCUT2D eigenvalue weighted by Crippen LogP contribution is -1.87. The van der Waals surface area contributed by atoms with Crippen molar-refractivity contribution in [1.29, 1.82) is 0 Å². The topological polar surface area (TPSA) is 25.8 Å². The van der Waals surface area contributed by atoms with Gasteiger partial charge in [-0.2, -0.15) is 0 Å². The fourth-order valence-electron chi connectivity index (χ4n) is 3.54. The predicted molar refractivity (Wildman–Crippen MR) is 103 cm³/mol. The number of hydrogen-bond donors (Lipinski definition) is 0. The Bertz CT molecular complexity index is 1140. The molecule has 0 bridgehead atoms. The Balaban J connectivity index is 1.84. The van der Waals surface area contributed by atoms with E-state index in [1.54, 1.807) is 0 Å². The van der Waals surface area contributed by atoms with Crippen LogP contribution in [0.1, 0.15) is 22.3 Å². The minimum atomic E-state index is 1.04. The number of fused-ring (bicyclic) bond motifs is 4. The highest BCUT2D eigenvalue weighted by atomic mass is 14.7. The number of nitrogens with zero attached hydrogens (tertiary/aromatic N) is 2. The molecular weight excluding hydrogens is 304 g/mol. The number of pyridine rings is 2. The summed E-state index contributed by atoms with van der Waals surface area (Å²) in [5, 5.41) is 1.17. The smallest absolute Gasteiger partial charge is 0.0794 e. The van der Waals surface area contributed by atoms with Gasteiger partial charge in [0, 0.05) is 28.9 Å². The van der Waals surface area contributed by atoms with Crippen molar-refractivity contribution in [2.24, 2.45) is 0 Å². The summed E-state index contributed by atoms with van der Waals surface area (Å²) in [5.74, 6) is 0. The Kier molecular flexibility index (Phi) is 3.04. The number of hydrogen-bond acceptors (Lipinski definition) is 2. The number of para-hydroxylation sites is 1. The van der Waals surface area contributed by atoms with Gasteiger partial charge in [-0.3, -0.25) is 4.98 Å². The van der Waals surface area contributed by atoms with Crippen LogP contribution in [-0.2, 0) is 0 Å². The van der Waals surface area contributed by atoms with Crippen LogP contribution in [0.15, 0.2) is 73.1 Å². The molecule has 0 unspecified atom stereocenters. The van der Waals surface area contributed by atoms with Crippen LogP contribution < -0.4 is 0 Å². The molecule has 5 rings (SSSR count). The van der Waals surface area contributed by atoms with E-state index in [4.69, 9.17) is 4.98 Å². The van der Waals surface area contributed by atoms with Crippen molar-refractivity contribution in [3.05, 3.63) is 95.3 Å². The Morgan fingerprint density at radius 1 is 0.800 bits per heavy atom. The van der Waals surface area contributed by atoms with Crippen LogP contribution in [0, 0.1) is 6.92 Å². The maximum Gasteiger partial charge on any atom is 0.0794 e. The number of benzene rings is 2. The molecule has 0 spiro atoms. The van der Waals surface area contributed by atoms with Crippen LogP contribution in [0.4, 0.5) is 0 Å². The second-order valence-corrected chi connectivity index (χ2v) is 6.46. The Morgan fingerprint density at radius 3 is 2.52 bits per heavy atom. The highest BCUT2D eigenvalue weighted by molar-refractivity contribution is 6.07. The monoisotopic (exact) mass is 320 g/mol. The Morgan fingerprint density at radius 2 is 1.64 bits per heavy atom. The zero-order valence-electron chi connectivity index (χ0n) is 13.9. The lowest BCUT2D eigenvalue weighted by atomic mass is 9.99. The van der Waals surface area contributed by atoms with Gasteiger partial charge >= 0.3 is 0 Å². The summed E-state index contributed by atoms with van der Waals surface area (Å²) in [4.78, 5) is 9.09. The molecule has 2 nitrogen and oxygen atoms in total. The van der Waals surface area contributed by atoms with Gasteiger partial charge in [0.2, 0.25) is 0 Å². The van der Waals surface area contributed by atoms with Gasteiger partial charge < -0.3 is 0 Å². The average Bonchev–Trinajstić information content (AvgIpc) is 2.93. The lowest BCUT2D eigenvalue weighted by Gasteiger charge is -2.05. The first-order valence-corrected chi connectivity index (χ1v) is 8.43. The predicted octanol–water partition coefficient (Wildman–Crippen LogP) is 5.51. The van der Waals surface area contributed by atoms with Crippen molar-refractivity contribution in [2.75, 3.05) is 0 Å². The molecule has 1 aliphatic rings. The zero-order valence-corrected chi connectivity index (χ0v) is 13.9. The number of aromatic nitrogens is 2. The summed E-state index contributed by atoms with van der Waals surface area (Å²) in [6.07, 6.45) is 5.90. The van der Waals surface area contributed by atoms with Crippen molar-refractivity contribution >= 4 is 22.6 Å². The van der Waals surface area contributed by atoms with Crippen molar-refractivity contribution < 1.29 is 0 Å². The molecule has 118 valence electrons. The summed E-state index contributed by atoms with van der Waals surface area (Å²) >= 11 is 0. The molecule has 2 heterocycles. The molecule has 0 fully saturated rings. The van der Waals surface area contributed by atoms with Gasteiger partial charge in [0.1, 0.15) is 0 Å². The third kappa shape index (κ3) is 2.26. The van der Waals surface area contributed by atoms with E-state index in [1.165, 1.54) is 33.2 Å². The molecule has 0 N–H and O–H groups in total. The first-order chi connectivity index (χ1) is 12.3. The van der Waals surface area contributed by atoms with E-state index >= 15 is 0 Å². The van der Waals surface area contributed by atoms with E-state index in [1.807, 2.05) is 30.6 Å². The number of rotatable bonds is 1. The molecule has 0 saturated heterocycles. The normalized spacial score (nSPS) is 13.9. The fourth-order valence-corrected chi connectivity index (χ4v) is 3.54. The van der Waals surface area contributed by atoms with Crippen LogP contribution in [-0.4, -0.2) is 9.97 Å². The fraction of sp³-hybridized carbons (Fsp3) is 0.0435. The second-order valence-electron chi connectivity index (χ2n) is 6.46. The summed E-state index contributed by atoms with van der Waals surface area (Å²) in [6, 6.07) is 21.3. The third-order valence-electron chi connectivity index (χ3n) is 4.75. The molecule has 2 aromatic heterocycles. The van der Waals surface area contributed by atoms with E-state index in [-0.39, 0.29) is 0 Å². The van der Waals surface area contributed by atoms with Gasteiger partial charge in [0.25, 0.3) is 0 Å². The second kappa shape index (κ2) is 5.38. The third-order valence-corrected chi connectivity index (χ3v) is 4.75. The van der Waals surface area contributed by atoms with Crippen LogP contribution >= 0.6 is 0 Å². The molecule has 25 heavy (non-hydrogen) atoms. The van der Waals surface area contributed by atoms with Gasteiger partial charge in [-0.1, -0.05) is 42.0 Å². The molecule has 4 aromatic rings. The SMILES string of the molecule is Cc1ccc2c(c1)/C(=C/c1ccncc1)c1cc3ccccc3nc1-2. The summed E-state index contributed by atoms with van der Waals surface area (Å²) in [7, 11) is 0. The highest BCUT2D eigenvalue weighted by Gasteiger charge is 2.25. The Hall–Kier alpha value is -3.26. The first kappa shape index (κ1) is 14.1. The van der Waals surface area contributed by atoms with Crippen molar-refractivity contribution in [1.82, 2.24) is 9.97 Å². The van der Waals surface area contributed by atoms with Crippen molar-refractivity contribution in [2.45, 2.75) is 6.92 Å². The largest absolute Gasteiger partial charge is 0.265 e. The molecular formula is C23H16N2. The van der Waals surface area contributed by atoms with Crippen molar-refractivity contribution in [3.63, 3.8) is 0 Å². The summed E-state index contributed by atoms with van der Waals surface area (Å²) < 4.78 is 0. The molecule has 0 atom stereocenters.